The summed E-state index contributed by atoms with van der Waals surface area (Å²) < 4.78 is 26.1. The van der Waals surface area contributed by atoms with E-state index in [-0.39, 0.29) is 4.90 Å². The highest BCUT2D eigenvalue weighted by Gasteiger charge is 2.29. The maximum Gasteiger partial charge on any atom is 0.263 e. The maximum atomic E-state index is 11.8. The van der Waals surface area contributed by atoms with Crippen LogP contribution in [0.4, 0.5) is 0 Å². The highest BCUT2D eigenvalue weighted by Crippen LogP contribution is 2.22. The number of nitrogens with zero attached hydrogens (tertiary/aromatic N) is 2. The summed E-state index contributed by atoms with van der Waals surface area (Å²) in [7, 11) is -3.44. The van der Waals surface area contributed by atoms with Crippen molar-refractivity contribution in [2.45, 2.75) is 11.4 Å². The molecule has 0 radical (unpaired) electrons. The number of aliphatic imine (C=N–C) groups is 1. The number of nitrogens with one attached hydrogen (secondary N) is 1. The number of sulfonamides is 1. The minimum atomic E-state index is -3.44. The molecule has 3 rings (SSSR count). The van der Waals surface area contributed by atoms with Crippen molar-refractivity contribution in [2.75, 3.05) is 0 Å². The van der Waals surface area contributed by atoms with Crippen LogP contribution >= 0.6 is 11.3 Å². The summed E-state index contributed by atoms with van der Waals surface area (Å²) >= 11 is 1.49. The first-order valence-electron chi connectivity index (χ1n) is 5.21. The van der Waals surface area contributed by atoms with Crippen LogP contribution in [0.15, 0.2) is 45.9 Å². The fourth-order valence-corrected chi connectivity index (χ4v) is 3.50. The summed E-state index contributed by atoms with van der Waals surface area (Å²) in [4.78, 5) is 9.53. The van der Waals surface area contributed by atoms with Crippen molar-refractivity contribution in [3.8, 4) is 0 Å². The number of thiazole rings is 1. The second-order valence-corrected chi connectivity index (χ2v) is 6.36. The third kappa shape index (κ3) is 1.91. The highest BCUT2D eigenvalue weighted by atomic mass is 32.2. The van der Waals surface area contributed by atoms with E-state index in [0.717, 1.165) is 4.88 Å². The molecule has 0 fully saturated rings. The minimum Gasteiger partial charge on any atom is -0.263 e. The summed E-state index contributed by atoms with van der Waals surface area (Å²) in [6.07, 6.45) is 1.73. The molecule has 2 aromatic rings. The lowest BCUT2D eigenvalue weighted by atomic mass is 10.2. The van der Waals surface area contributed by atoms with Crippen LogP contribution in [0, 0.1) is 0 Å². The third-order valence-electron chi connectivity index (χ3n) is 2.54. The Kier molecular flexibility index (Phi) is 2.64. The lowest BCUT2D eigenvalue weighted by Crippen LogP contribution is -2.22. The molecular formula is C11H9N3O2S2. The van der Waals surface area contributed by atoms with Crippen LogP contribution in [0.2, 0.25) is 0 Å². The highest BCUT2D eigenvalue weighted by molar-refractivity contribution is 7.90. The van der Waals surface area contributed by atoms with Crippen molar-refractivity contribution in [2.24, 2.45) is 4.99 Å². The van der Waals surface area contributed by atoms with Gasteiger partial charge in [-0.3, -0.25) is 14.7 Å². The molecule has 1 aliphatic rings. The van der Waals surface area contributed by atoms with Gasteiger partial charge in [0, 0.05) is 16.6 Å². The van der Waals surface area contributed by atoms with Crippen LogP contribution in [0.3, 0.4) is 0 Å². The van der Waals surface area contributed by atoms with Crippen molar-refractivity contribution in [1.82, 2.24) is 9.71 Å². The van der Waals surface area contributed by atoms with Crippen molar-refractivity contribution in [3.05, 3.63) is 46.4 Å². The molecule has 1 aromatic heterocycles. The molecule has 1 aromatic carbocycles. The Morgan fingerprint density at radius 1 is 1.33 bits per heavy atom. The molecule has 5 nitrogen and oxygen atoms in total. The Balaban J connectivity index is 1.99. The molecule has 92 valence electrons. The SMILES string of the molecule is O=S1(=O)NC(=NCc2cncs2)c2ccccc21. The quantitative estimate of drug-likeness (QED) is 0.902. The van der Waals surface area contributed by atoms with Gasteiger partial charge in [0.2, 0.25) is 0 Å². The van der Waals surface area contributed by atoms with Gasteiger partial charge in [0.25, 0.3) is 10.0 Å². The van der Waals surface area contributed by atoms with Gasteiger partial charge in [-0.05, 0) is 12.1 Å². The summed E-state index contributed by atoms with van der Waals surface area (Å²) in [5, 5.41) is 0. The number of amidine groups is 1. The molecule has 0 amide bonds. The number of aromatic nitrogens is 1. The van der Waals surface area contributed by atoms with Crippen LogP contribution in [-0.4, -0.2) is 19.2 Å². The van der Waals surface area contributed by atoms with E-state index >= 15 is 0 Å². The standard InChI is InChI=1S/C11H9N3O2S2/c15-18(16)10-4-2-1-3-9(10)11(14-18)13-6-8-5-12-7-17-8/h1-5,7H,6H2,(H,13,14). The van der Waals surface area contributed by atoms with E-state index in [1.54, 1.807) is 36.0 Å². The van der Waals surface area contributed by atoms with Gasteiger partial charge in [-0.15, -0.1) is 11.3 Å². The van der Waals surface area contributed by atoms with E-state index in [1.165, 1.54) is 11.3 Å². The average Bonchev–Trinajstić information content (AvgIpc) is 2.95. The van der Waals surface area contributed by atoms with Crippen LogP contribution in [0.5, 0.6) is 0 Å². The van der Waals surface area contributed by atoms with E-state index < -0.39 is 10.0 Å². The summed E-state index contributed by atoms with van der Waals surface area (Å²) in [6.45, 7) is 0.427. The zero-order valence-electron chi connectivity index (χ0n) is 9.20. The first-order valence-corrected chi connectivity index (χ1v) is 7.57. The normalized spacial score (nSPS) is 18.6. The molecule has 0 saturated carbocycles. The molecular weight excluding hydrogens is 270 g/mol. The molecule has 2 heterocycles. The van der Waals surface area contributed by atoms with E-state index in [2.05, 4.69) is 14.7 Å². The van der Waals surface area contributed by atoms with Gasteiger partial charge in [-0.25, -0.2) is 8.42 Å². The van der Waals surface area contributed by atoms with Crippen molar-refractivity contribution in [3.63, 3.8) is 0 Å². The molecule has 7 heteroatoms. The number of hydrogen-bond acceptors (Lipinski definition) is 5. The molecule has 0 bridgehead atoms. The zero-order valence-corrected chi connectivity index (χ0v) is 10.8. The van der Waals surface area contributed by atoms with Gasteiger partial charge in [-0.1, -0.05) is 12.1 Å². The fraction of sp³-hybridized carbons (Fsp3) is 0.0909. The molecule has 18 heavy (non-hydrogen) atoms. The molecule has 0 aliphatic carbocycles. The average molecular weight is 279 g/mol. The van der Waals surface area contributed by atoms with Crippen LogP contribution in [0.25, 0.3) is 0 Å². The predicted octanol–water partition coefficient (Wildman–Crippen LogP) is 1.38. The van der Waals surface area contributed by atoms with E-state index in [1.807, 2.05) is 0 Å². The Bertz CT molecular complexity index is 706. The minimum absolute atomic E-state index is 0.285. The van der Waals surface area contributed by atoms with Crippen molar-refractivity contribution < 1.29 is 8.42 Å². The van der Waals surface area contributed by atoms with Gasteiger partial charge < -0.3 is 0 Å². The van der Waals surface area contributed by atoms with Crippen LogP contribution in [0.1, 0.15) is 10.4 Å². The Morgan fingerprint density at radius 3 is 2.94 bits per heavy atom. The van der Waals surface area contributed by atoms with Crippen LogP contribution < -0.4 is 4.72 Å². The molecule has 0 saturated heterocycles. The van der Waals surface area contributed by atoms with Gasteiger partial charge in [0.15, 0.2) is 0 Å². The number of hydrogen-bond donors (Lipinski definition) is 1. The largest absolute Gasteiger partial charge is 0.263 e. The van der Waals surface area contributed by atoms with Gasteiger partial charge in [-0.2, -0.15) is 0 Å². The molecule has 1 aliphatic heterocycles. The lowest BCUT2D eigenvalue weighted by Gasteiger charge is -1.97. The monoisotopic (exact) mass is 279 g/mol. The Morgan fingerprint density at radius 2 is 2.17 bits per heavy atom. The van der Waals surface area contributed by atoms with Crippen molar-refractivity contribution >= 4 is 27.2 Å². The van der Waals surface area contributed by atoms with Crippen LogP contribution in [-0.2, 0) is 16.6 Å². The molecule has 0 atom stereocenters. The van der Waals surface area contributed by atoms with Gasteiger partial charge >= 0.3 is 0 Å². The zero-order chi connectivity index (χ0) is 12.6. The molecule has 1 N–H and O–H groups in total. The second-order valence-electron chi connectivity index (χ2n) is 3.73. The van der Waals surface area contributed by atoms with E-state index in [0.29, 0.717) is 17.9 Å². The van der Waals surface area contributed by atoms with Crippen molar-refractivity contribution in [1.29, 1.82) is 0 Å². The third-order valence-corrected chi connectivity index (χ3v) is 4.70. The number of benzene rings is 1. The molecule has 0 unspecified atom stereocenters. The lowest BCUT2D eigenvalue weighted by molar-refractivity contribution is 0.595. The molecule has 0 spiro atoms. The second kappa shape index (κ2) is 4.18. The Labute approximate surface area is 108 Å². The van der Waals surface area contributed by atoms with Gasteiger partial charge in [0.1, 0.15) is 5.84 Å². The Hall–Kier alpha value is -1.73. The van der Waals surface area contributed by atoms with E-state index in [4.69, 9.17) is 0 Å². The summed E-state index contributed by atoms with van der Waals surface area (Å²) in [5.74, 6) is 0.402. The predicted molar refractivity (Wildman–Crippen MR) is 69.1 cm³/mol. The van der Waals surface area contributed by atoms with Gasteiger partial charge in [0.05, 0.1) is 17.0 Å². The number of fused-ring (bicyclic) bond motifs is 1. The summed E-state index contributed by atoms with van der Waals surface area (Å²) in [5.41, 5.74) is 2.35. The first-order chi connectivity index (χ1) is 8.67. The number of rotatable bonds is 2. The fourth-order valence-electron chi connectivity index (χ4n) is 1.73. The summed E-state index contributed by atoms with van der Waals surface area (Å²) in [6, 6.07) is 6.82. The first kappa shape index (κ1) is 11.4. The smallest absolute Gasteiger partial charge is 0.263 e. The topological polar surface area (TPSA) is 71.4 Å². The van der Waals surface area contributed by atoms with E-state index in [9.17, 15) is 8.42 Å². The maximum absolute atomic E-state index is 11.8.